The summed E-state index contributed by atoms with van der Waals surface area (Å²) in [6.45, 7) is 2.08. The fourth-order valence-corrected chi connectivity index (χ4v) is 4.17. The number of aryl methyl sites for hydroxylation is 2. The summed E-state index contributed by atoms with van der Waals surface area (Å²) in [5.41, 5.74) is 3.56. The van der Waals surface area contributed by atoms with Gasteiger partial charge in [0.15, 0.2) is 11.6 Å². The fraction of sp³-hybridized carbons (Fsp3) is 0.111. The van der Waals surface area contributed by atoms with E-state index in [-0.39, 0.29) is 16.9 Å². The topological polar surface area (TPSA) is 70.9 Å². The van der Waals surface area contributed by atoms with E-state index in [1.807, 2.05) is 60.7 Å². The Balaban J connectivity index is 1.70. The van der Waals surface area contributed by atoms with Crippen molar-refractivity contribution in [3.05, 3.63) is 106 Å². The number of halogens is 1. The van der Waals surface area contributed by atoms with Gasteiger partial charge in [-0.15, -0.1) is 0 Å². The summed E-state index contributed by atoms with van der Waals surface area (Å²) in [6.07, 6.45) is 0.584. The Hall–Kier alpha value is -4.19. The maximum atomic E-state index is 14.1. The minimum absolute atomic E-state index is 0.187. The number of hydrogen-bond donors (Lipinski definition) is 2. The largest absolute Gasteiger partial charge is 0.504 e. The Morgan fingerprint density at radius 1 is 1.00 bits per heavy atom. The number of phenols is 1. The van der Waals surface area contributed by atoms with Crippen LogP contribution >= 0.6 is 0 Å². The van der Waals surface area contributed by atoms with Crippen molar-refractivity contribution in [3.8, 4) is 28.4 Å². The number of rotatable bonds is 5. The molecule has 2 heterocycles. The standard InChI is InChI=1S/C27H22FN3O2/c1-17-24(23-16-19-10-5-6-13-22(19)30-23)27(33)31(15-14-18-8-3-2-4-9-18)26(29-17)20-11-7-12-21(28)25(20)32/h2-13,16,30,32H,14-15H2,1H3. The maximum absolute atomic E-state index is 14.1. The van der Waals surface area contributed by atoms with Gasteiger partial charge >= 0.3 is 0 Å². The second kappa shape index (κ2) is 8.39. The molecule has 0 saturated carbocycles. The Bertz CT molecular complexity index is 1490. The number of para-hydroxylation sites is 2. The van der Waals surface area contributed by atoms with Crippen molar-refractivity contribution in [2.24, 2.45) is 0 Å². The SMILES string of the molecule is Cc1nc(-c2cccc(F)c2O)n(CCc2ccccc2)c(=O)c1-c1cc2ccccc2[nH]1. The van der Waals surface area contributed by atoms with E-state index in [0.29, 0.717) is 29.9 Å². The summed E-state index contributed by atoms with van der Waals surface area (Å²) in [4.78, 5) is 21.8. The van der Waals surface area contributed by atoms with Crippen molar-refractivity contribution >= 4 is 10.9 Å². The first-order valence-electron chi connectivity index (χ1n) is 10.7. The first-order valence-corrected chi connectivity index (χ1v) is 10.7. The molecule has 6 heteroatoms. The average molecular weight is 439 g/mol. The molecule has 0 amide bonds. The van der Waals surface area contributed by atoms with Gasteiger partial charge in [0.05, 0.1) is 22.5 Å². The van der Waals surface area contributed by atoms with E-state index >= 15 is 0 Å². The van der Waals surface area contributed by atoms with E-state index in [2.05, 4.69) is 9.97 Å². The van der Waals surface area contributed by atoms with Crippen LogP contribution in [-0.2, 0) is 13.0 Å². The molecule has 5 rings (SSSR count). The van der Waals surface area contributed by atoms with Gasteiger partial charge in [0.1, 0.15) is 5.82 Å². The first kappa shape index (κ1) is 20.7. The Morgan fingerprint density at radius 2 is 1.76 bits per heavy atom. The molecule has 5 nitrogen and oxygen atoms in total. The molecule has 3 aromatic carbocycles. The van der Waals surface area contributed by atoms with Gasteiger partial charge in [0.2, 0.25) is 0 Å². The number of hydrogen-bond acceptors (Lipinski definition) is 3. The van der Waals surface area contributed by atoms with E-state index in [4.69, 9.17) is 0 Å². The highest BCUT2D eigenvalue weighted by atomic mass is 19.1. The summed E-state index contributed by atoms with van der Waals surface area (Å²) in [5, 5.41) is 11.4. The molecule has 0 atom stereocenters. The van der Waals surface area contributed by atoms with Gasteiger partial charge in [0, 0.05) is 17.4 Å². The third-order valence-corrected chi connectivity index (χ3v) is 5.84. The molecule has 0 bridgehead atoms. The highest BCUT2D eigenvalue weighted by Crippen LogP contribution is 2.31. The van der Waals surface area contributed by atoms with E-state index in [9.17, 15) is 14.3 Å². The molecule has 2 aromatic heterocycles. The Kier molecular flexibility index (Phi) is 5.26. The average Bonchev–Trinajstić information content (AvgIpc) is 3.24. The molecule has 0 saturated heterocycles. The van der Waals surface area contributed by atoms with Crippen LogP contribution in [-0.4, -0.2) is 19.6 Å². The van der Waals surface area contributed by atoms with Gasteiger partial charge in [0.25, 0.3) is 5.56 Å². The number of aromatic hydroxyl groups is 1. The van der Waals surface area contributed by atoms with Crippen LogP contribution in [0.3, 0.4) is 0 Å². The van der Waals surface area contributed by atoms with Crippen LogP contribution in [0, 0.1) is 12.7 Å². The van der Waals surface area contributed by atoms with Crippen LogP contribution in [0.25, 0.3) is 33.5 Å². The molecule has 0 unspecified atom stereocenters. The smallest absolute Gasteiger partial charge is 0.263 e. The van der Waals surface area contributed by atoms with Crippen LogP contribution in [0.1, 0.15) is 11.3 Å². The minimum Gasteiger partial charge on any atom is -0.504 e. The van der Waals surface area contributed by atoms with Crippen LogP contribution in [0.4, 0.5) is 4.39 Å². The van der Waals surface area contributed by atoms with Crippen LogP contribution in [0.5, 0.6) is 5.75 Å². The fourth-order valence-electron chi connectivity index (χ4n) is 4.17. The van der Waals surface area contributed by atoms with Crippen LogP contribution in [0.15, 0.2) is 83.7 Å². The number of aromatic nitrogens is 3. The molecule has 0 aliphatic rings. The molecule has 164 valence electrons. The predicted octanol–water partition coefficient (Wildman–Crippen LogP) is 5.45. The van der Waals surface area contributed by atoms with Crippen molar-refractivity contribution in [1.29, 1.82) is 0 Å². The van der Waals surface area contributed by atoms with Crippen molar-refractivity contribution in [3.63, 3.8) is 0 Å². The number of H-pyrrole nitrogens is 1. The molecule has 5 aromatic rings. The molecular formula is C27H22FN3O2. The van der Waals surface area contributed by atoms with Crippen molar-refractivity contribution in [1.82, 2.24) is 14.5 Å². The van der Waals surface area contributed by atoms with E-state index in [0.717, 1.165) is 16.5 Å². The zero-order chi connectivity index (χ0) is 22.9. The zero-order valence-corrected chi connectivity index (χ0v) is 18.0. The highest BCUT2D eigenvalue weighted by Gasteiger charge is 2.21. The number of nitrogens with one attached hydrogen (secondary N) is 1. The lowest BCUT2D eigenvalue weighted by atomic mass is 10.1. The van der Waals surface area contributed by atoms with Gasteiger partial charge in [-0.3, -0.25) is 9.36 Å². The van der Waals surface area contributed by atoms with Crippen LogP contribution in [0.2, 0.25) is 0 Å². The minimum atomic E-state index is -0.756. The maximum Gasteiger partial charge on any atom is 0.263 e. The summed E-state index contributed by atoms with van der Waals surface area (Å²) >= 11 is 0. The number of benzene rings is 3. The summed E-state index contributed by atoms with van der Waals surface area (Å²) in [7, 11) is 0. The molecule has 2 N–H and O–H groups in total. The molecule has 0 aliphatic carbocycles. The van der Waals surface area contributed by atoms with E-state index < -0.39 is 11.6 Å². The number of aromatic amines is 1. The second-order valence-electron chi connectivity index (χ2n) is 7.99. The Labute approximate surface area is 189 Å². The lowest BCUT2D eigenvalue weighted by Gasteiger charge is -2.16. The van der Waals surface area contributed by atoms with Crippen molar-refractivity contribution in [2.75, 3.05) is 0 Å². The number of phenolic OH excluding ortho intramolecular Hbond substituents is 1. The van der Waals surface area contributed by atoms with Gasteiger partial charge in [-0.1, -0.05) is 54.6 Å². The van der Waals surface area contributed by atoms with Gasteiger partial charge in [-0.05, 0) is 43.2 Å². The molecular weight excluding hydrogens is 417 g/mol. The molecule has 0 fully saturated rings. The monoisotopic (exact) mass is 439 g/mol. The van der Waals surface area contributed by atoms with Gasteiger partial charge < -0.3 is 10.1 Å². The number of nitrogens with zero attached hydrogens (tertiary/aromatic N) is 2. The van der Waals surface area contributed by atoms with Gasteiger partial charge in [-0.2, -0.15) is 0 Å². The summed E-state index contributed by atoms with van der Waals surface area (Å²) < 4.78 is 15.7. The lowest BCUT2D eigenvalue weighted by molar-refractivity contribution is 0.433. The van der Waals surface area contributed by atoms with Crippen molar-refractivity contribution in [2.45, 2.75) is 19.9 Å². The molecule has 0 spiro atoms. The summed E-state index contributed by atoms with van der Waals surface area (Å²) in [6, 6.07) is 23.8. The van der Waals surface area contributed by atoms with E-state index in [1.165, 1.54) is 16.7 Å². The summed E-state index contributed by atoms with van der Waals surface area (Å²) in [5.74, 6) is -1.03. The molecule has 0 radical (unpaired) electrons. The zero-order valence-electron chi connectivity index (χ0n) is 18.0. The van der Waals surface area contributed by atoms with E-state index in [1.54, 1.807) is 13.0 Å². The normalized spacial score (nSPS) is 11.2. The lowest BCUT2D eigenvalue weighted by Crippen LogP contribution is -2.27. The quantitative estimate of drug-likeness (QED) is 0.382. The number of fused-ring (bicyclic) bond motifs is 1. The molecule has 0 aliphatic heterocycles. The highest BCUT2D eigenvalue weighted by molar-refractivity contribution is 5.86. The second-order valence-corrected chi connectivity index (χ2v) is 7.99. The first-order chi connectivity index (χ1) is 16.0. The van der Waals surface area contributed by atoms with Crippen LogP contribution < -0.4 is 5.56 Å². The van der Waals surface area contributed by atoms with Crippen molar-refractivity contribution < 1.29 is 9.50 Å². The Morgan fingerprint density at radius 3 is 2.55 bits per heavy atom. The third-order valence-electron chi connectivity index (χ3n) is 5.84. The predicted molar refractivity (Wildman–Crippen MR) is 128 cm³/mol. The molecule has 33 heavy (non-hydrogen) atoms. The van der Waals surface area contributed by atoms with Gasteiger partial charge in [-0.25, -0.2) is 9.37 Å². The third kappa shape index (κ3) is 3.80.